The van der Waals surface area contributed by atoms with Crippen LogP contribution in [0, 0.1) is 0 Å². The number of rotatable bonds is 2. The Morgan fingerprint density at radius 3 is 2.75 bits per heavy atom. The summed E-state index contributed by atoms with van der Waals surface area (Å²) >= 11 is 0. The summed E-state index contributed by atoms with van der Waals surface area (Å²) in [6.45, 7) is 1.54. The zero-order chi connectivity index (χ0) is 11.7. The maximum absolute atomic E-state index is 11.3. The minimum absolute atomic E-state index is 0.0252. The molecule has 1 aromatic heterocycles. The summed E-state index contributed by atoms with van der Waals surface area (Å²) in [6, 6.07) is 5.24. The van der Waals surface area contributed by atoms with Crippen LogP contribution in [0.1, 0.15) is 17.3 Å². The normalized spacial score (nSPS) is 10.4. The van der Waals surface area contributed by atoms with E-state index in [4.69, 9.17) is 5.73 Å². The first-order chi connectivity index (χ1) is 7.58. The van der Waals surface area contributed by atoms with Crippen LogP contribution in [-0.2, 0) is 7.05 Å². The van der Waals surface area contributed by atoms with Gasteiger partial charge in [0, 0.05) is 30.1 Å². The third-order valence-electron chi connectivity index (χ3n) is 2.44. The summed E-state index contributed by atoms with van der Waals surface area (Å²) in [4.78, 5) is 15.5. The number of Topliss-reactive ketones (excluding diaryl/α,β-unsaturated/α-hetero) is 1. The Hall–Kier alpha value is -2.10. The molecule has 82 valence electrons. The van der Waals surface area contributed by atoms with Crippen LogP contribution in [0.15, 0.2) is 30.7 Å². The highest BCUT2D eigenvalue weighted by molar-refractivity contribution is 5.96. The van der Waals surface area contributed by atoms with Crippen molar-refractivity contribution < 1.29 is 4.79 Å². The van der Waals surface area contributed by atoms with Gasteiger partial charge in [-0.3, -0.25) is 4.79 Å². The van der Waals surface area contributed by atoms with Gasteiger partial charge in [-0.05, 0) is 25.1 Å². The molecule has 0 unspecified atom stereocenters. The molecular weight excluding hydrogens is 202 g/mol. The van der Waals surface area contributed by atoms with E-state index in [2.05, 4.69) is 4.98 Å². The number of imidazole rings is 1. The molecule has 0 saturated heterocycles. The van der Waals surface area contributed by atoms with E-state index >= 15 is 0 Å². The van der Waals surface area contributed by atoms with E-state index in [0.29, 0.717) is 11.3 Å². The molecule has 0 radical (unpaired) electrons. The Morgan fingerprint density at radius 2 is 2.19 bits per heavy atom. The number of hydrogen-bond donors (Lipinski definition) is 1. The van der Waals surface area contributed by atoms with Crippen LogP contribution < -0.4 is 5.73 Å². The summed E-state index contributed by atoms with van der Waals surface area (Å²) in [7, 11) is 1.89. The predicted molar refractivity (Wildman–Crippen MR) is 63.1 cm³/mol. The second kappa shape index (κ2) is 3.81. The summed E-state index contributed by atoms with van der Waals surface area (Å²) in [5.74, 6) is 0.0252. The lowest BCUT2D eigenvalue weighted by atomic mass is 10.0. The summed E-state index contributed by atoms with van der Waals surface area (Å²) in [5.41, 5.74) is 8.73. The van der Waals surface area contributed by atoms with E-state index in [1.165, 1.54) is 6.92 Å². The fraction of sp³-hybridized carbons (Fsp3) is 0.167. The van der Waals surface area contributed by atoms with Crippen molar-refractivity contribution in [3.05, 3.63) is 36.3 Å². The molecule has 0 spiro atoms. The van der Waals surface area contributed by atoms with Gasteiger partial charge in [0.2, 0.25) is 0 Å². The van der Waals surface area contributed by atoms with Gasteiger partial charge < -0.3 is 10.3 Å². The van der Waals surface area contributed by atoms with Gasteiger partial charge in [-0.2, -0.15) is 0 Å². The molecule has 1 aromatic carbocycles. The molecule has 0 atom stereocenters. The Labute approximate surface area is 93.7 Å². The van der Waals surface area contributed by atoms with Gasteiger partial charge in [0.25, 0.3) is 0 Å². The lowest BCUT2D eigenvalue weighted by Gasteiger charge is -2.04. The molecule has 0 aliphatic rings. The van der Waals surface area contributed by atoms with E-state index < -0.39 is 0 Å². The number of nitrogens with two attached hydrogens (primary N) is 1. The van der Waals surface area contributed by atoms with E-state index in [9.17, 15) is 4.79 Å². The van der Waals surface area contributed by atoms with E-state index in [1.807, 2.05) is 17.8 Å². The predicted octanol–water partition coefficient (Wildman–Crippen LogP) is 1.87. The first-order valence-electron chi connectivity index (χ1n) is 4.96. The van der Waals surface area contributed by atoms with Crippen LogP contribution in [0.4, 0.5) is 5.69 Å². The molecule has 0 aliphatic carbocycles. The number of nitrogen functional groups attached to an aromatic ring is 1. The topological polar surface area (TPSA) is 60.9 Å². The fourth-order valence-electron chi connectivity index (χ4n) is 1.55. The maximum Gasteiger partial charge on any atom is 0.159 e. The Balaban J connectivity index is 2.55. The quantitative estimate of drug-likeness (QED) is 0.614. The molecular formula is C12H13N3O. The monoisotopic (exact) mass is 215 g/mol. The molecule has 0 bridgehead atoms. The fourth-order valence-corrected chi connectivity index (χ4v) is 1.55. The van der Waals surface area contributed by atoms with Crippen molar-refractivity contribution in [2.24, 2.45) is 7.05 Å². The van der Waals surface area contributed by atoms with Gasteiger partial charge in [0.1, 0.15) is 0 Å². The van der Waals surface area contributed by atoms with Gasteiger partial charge in [-0.1, -0.05) is 0 Å². The third kappa shape index (κ3) is 1.82. The van der Waals surface area contributed by atoms with Crippen molar-refractivity contribution in [1.82, 2.24) is 9.55 Å². The third-order valence-corrected chi connectivity index (χ3v) is 2.44. The number of benzene rings is 1. The summed E-state index contributed by atoms with van der Waals surface area (Å²) in [6.07, 6.45) is 3.57. The minimum atomic E-state index is 0.0252. The van der Waals surface area contributed by atoms with Crippen LogP contribution in [0.25, 0.3) is 11.3 Å². The highest BCUT2D eigenvalue weighted by Gasteiger charge is 2.08. The van der Waals surface area contributed by atoms with Crippen molar-refractivity contribution in [2.45, 2.75) is 6.92 Å². The van der Waals surface area contributed by atoms with Crippen molar-refractivity contribution in [2.75, 3.05) is 5.73 Å². The van der Waals surface area contributed by atoms with Crippen LogP contribution in [0.5, 0.6) is 0 Å². The van der Waals surface area contributed by atoms with Gasteiger partial charge in [-0.15, -0.1) is 0 Å². The average Bonchev–Trinajstić information content (AvgIpc) is 2.65. The summed E-state index contributed by atoms with van der Waals surface area (Å²) in [5, 5.41) is 0. The van der Waals surface area contributed by atoms with Crippen molar-refractivity contribution in [3.63, 3.8) is 0 Å². The van der Waals surface area contributed by atoms with E-state index in [0.717, 1.165) is 11.3 Å². The van der Waals surface area contributed by atoms with Gasteiger partial charge in [0.05, 0.1) is 12.0 Å². The van der Waals surface area contributed by atoms with Crippen LogP contribution in [0.2, 0.25) is 0 Å². The minimum Gasteiger partial charge on any atom is -0.398 e. The number of carbonyl (C=O) groups is 1. The van der Waals surface area contributed by atoms with Gasteiger partial charge >= 0.3 is 0 Å². The molecule has 0 saturated carbocycles. The zero-order valence-corrected chi connectivity index (χ0v) is 9.27. The van der Waals surface area contributed by atoms with Crippen molar-refractivity contribution >= 4 is 11.5 Å². The van der Waals surface area contributed by atoms with E-state index in [-0.39, 0.29) is 5.78 Å². The lowest BCUT2D eigenvalue weighted by Crippen LogP contribution is -1.96. The molecule has 2 aromatic rings. The number of hydrogen-bond acceptors (Lipinski definition) is 3. The second-order valence-electron chi connectivity index (χ2n) is 3.78. The molecule has 2 rings (SSSR count). The number of anilines is 1. The number of ketones is 1. The van der Waals surface area contributed by atoms with Gasteiger partial charge in [0.15, 0.2) is 5.78 Å². The van der Waals surface area contributed by atoms with Crippen LogP contribution in [-0.4, -0.2) is 15.3 Å². The maximum atomic E-state index is 11.3. The molecule has 1 heterocycles. The molecule has 0 amide bonds. The van der Waals surface area contributed by atoms with Crippen LogP contribution in [0.3, 0.4) is 0 Å². The molecule has 0 aliphatic heterocycles. The number of aryl methyl sites for hydroxylation is 1. The molecule has 4 heteroatoms. The molecule has 4 nitrogen and oxygen atoms in total. The number of nitrogens with zero attached hydrogens (tertiary/aromatic N) is 2. The van der Waals surface area contributed by atoms with Crippen molar-refractivity contribution in [3.8, 4) is 11.3 Å². The van der Waals surface area contributed by atoms with Gasteiger partial charge in [-0.25, -0.2) is 4.98 Å². The molecule has 0 fully saturated rings. The molecule has 2 N–H and O–H groups in total. The summed E-state index contributed by atoms with van der Waals surface area (Å²) < 4.78 is 1.84. The van der Waals surface area contributed by atoms with Crippen molar-refractivity contribution in [1.29, 1.82) is 0 Å². The zero-order valence-electron chi connectivity index (χ0n) is 9.27. The highest BCUT2D eigenvalue weighted by Crippen LogP contribution is 2.25. The average molecular weight is 215 g/mol. The number of carbonyl (C=O) groups excluding carboxylic acids is 1. The highest BCUT2D eigenvalue weighted by atomic mass is 16.1. The first-order valence-corrected chi connectivity index (χ1v) is 4.96. The second-order valence-corrected chi connectivity index (χ2v) is 3.78. The molecule has 16 heavy (non-hydrogen) atoms. The Morgan fingerprint density at radius 1 is 1.44 bits per heavy atom. The number of aromatic nitrogens is 2. The van der Waals surface area contributed by atoms with E-state index in [1.54, 1.807) is 24.5 Å². The largest absolute Gasteiger partial charge is 0.398 e. The SMILES string of the molecule is CC(=O)c1ccc(N)c(-c2cn(C)cn2)c1. The lowest BCUT2D eigenvalue weighted by molar-refractivity contribution is 0.101. The standard InChI is InChI=1S/C12H13N3O/c1-8(16)9-3-4-11(13)10(5-9)12-6-15(2)7-14-12/h3-7H,13H2,1-2H3. The smallest absolute Gasteiger partial charge is 0.159 e. The van der Waals surface area contributed by atoms with Crippen LogP contribution >= 0.6 is 0 Å². The Bertz CT molecular complexity index is 543. The first kappa shape index (κ1) is 10.4. The Kier molecular flexibility index (Phi) is 2.48.